The molecule has 0 unspecified atom stereocenters. The number of phenolic OH excluding ortho intramolecular Hbond substituents is 1. The first-order valence-electron chi connectivity index (χ1n) is 9.61. The number of halogens is 2. The van der Waals surface area contributed by atoms with E-state index < -0.39 is 5.91 Å². The van der Waals surface area contributed by atoms with Crippen LogP contribution in [-0.4, -0.2) is 28.2 Å². The minimum atomic E-state index is -0.559. The van der Waals surface area contributed by atoms with Crippen molar-refractivity contribution < 1.29 is 19.1 Å². The third-order valence-electron chi connectivity index (χ3n) is 4.71. The molecular weight excluding hydrogens is 485 g/mol. The maximum atomic E-state index is 12.6. The molecule has 7 nitrogen and oxygen atoms in total. The molecule has 1 amide bonds. The summed E-state index contributed by atoms with van der Waals surface area (Å²) in [5.74, 6) is -0.158. The SMILES string of the molecule is COc1c(Cl)cc(Cl)cc1C(=O)NC(=S)Nc1ccc(-c2nc3ccc(C)cc3o2)c(O)c1. The van der Waals surface area contributed by atoms with Crippen molar-refractivity contribution in [1.29, 1.82) is 0 Å². The van der Waals surface area contributed by atoms with Crippen LogP contribution in [0, 0.1) is 6.92 Å². The number of benzene rings is 3. The first-order valence-corrected chi connectivity index (χ1v) is 10.8. The van der Waals surface area contributed by atoms with Crippen LogP contribution >= 0.6 is 35.4 Å². The summed E-state index contributed by atoms with van der Waals surface area (Å²) >= 11 is 17.3. The van der Waals surface area contributed by atoms with Gasteiger partial charge in [0.25, 0.3) is 5.91 Å². The number of anilines is 1. The van der Waals surface area contributed by atoms with Crippen LogP contribution in [0.5, 0.6) is 11.5 Å². The van der Waals surface area contributed by atoms with Crippen LogP contribution in [0.2, 0.25) is 10.0 Å². The Hall–Kier alpha value is -3.33. The van der Waals surface area contributed by atoms with Gasteiger partial charge in [0.2, 0.25) is 5.89 Å². The lowest BCUT2D eigenvalue weighted by atomic mass is 10.1. The second-order valence-corrected chi connectivity index (χ2v) is 8.35. The number of carbonyl (C=O) groups excluding carboxylic acids is 1. The van der Waals surface area contributed by atoms with Gasteiger partial charge in [-0.2, -0.15) is 0 Å². The number of hydrogen-bond donors (Lipinski definition) is 3. The Kier molecular flexibility index (Phi) is 6.42. The molecule has 0 atom stereocenters. The molecule has 0 fully saturated rings. The zero-order chi connectivity index (χ0) is 23.7. The van der Waals surface area contributed by atoms with Gasteiger partial charge < -0.3 is 19.6 Å². The monoisotopic (exact) mass is 501 g/mol. The Morgan fingerprint density at radius 3 is 2.67 bits per heavy atom. The second kappa shape index (κ2) is 9.27. The largest absolute Gasteiger partial charge is 0.507 e. The Morgan fingerprint density at radius 2 is 1.94 bits per heavy atom. The molecule has 10 heteroatoms. The Bertz CT molecular complexity index is 1400. The third-order valence-corrected chi connectivity index (χ3v) is 5.42. The third kappa shape index (κ3) is 4.88. The smallest absolute Gasteiger partial charge is 0.261 e. The fourth-order valence-electron chi connectivity index (χ4n) is 3.21. The highest BCUT2D eigenvalue weighted by Crippen LogP contribution is 2.34. The van der Waals surface area contributed by atoms with Crippen LogP contribution in [0.15, 0.2) is 52.9 Å². The number of thiocarbonyl (C=S) groups is 1. The molecule has 0 saturated heterocycles. The number of aryl methyl sites for hydroxylation is 1. The van der Waals surface area contributed by atoms with Crippen molar-refractivity contribution in [2.24, 2.45) is 0 Å². The summed E-state index contributed by atoms with van der Waals surface area (Å²) < 4.78 is 11.0. The lowest BCUT2D eigenvalue weighted by molar-refractivity contribution is 0.0974. The number of aromatic nitrogens is 1. The molecule has 1 aromatic heterocycles. The molecule has 3 aromatic carbocycles. The quantitative estimate of drug-likeness (QED) is 0.297. The van der Waals surface area contributed by atoms with E-state index in [1.807, 2.05) is 25.1 Å². The van der Waals surface area contributed by atoms with Crippen molar-refractivity contribution in [2.75, 3.05) is 12.4 Å². The summed E-state index contributed by atoms with van der Waals surface area (Å²) in [6.45, 7) is 1.96. The minimum absolute atomic E-state index is 0.00244. The molecule has 33 heavy (non-hydrogen) atoms. The number of nitrogens with one attached hydrogen (secondary N) is 2. The predicted octanol–water partition coefficient (Wildman–Crippen LogP) is 5.95. The number of phenols is 1. The number of nitrogens with zero attached hydrogens (tertiary/aromatic N) is 1. The van der Waals surface area contributed by atoms with Crippen molar-refractivity contribution >= 4 is 63.2 Å². The van der Waals surface area contributed by atoms with E-state index in [-0.39, 0.29) is 32.2 Å². The van der Waals surface area contributed by atoms with Gasteiger partial charge in [0.1, 0.15) is 17.0 Å². The number of ether oxygens (including phenoxy) is 1. The van der Waals surface area contributed by atoms with Crippen molar-refractivity contribution in [2.45, 2.75) is 6.92 Å². The fourth-order valence-corrected chi connectivity index (χ4v) is 3.99. The number of fused-ring (bicyclic) bond motifs is 1. The number of aromatic hydroxyl groups is 1. The second-order valence-electron chi connectivity index (χ2n) is 7.10. The van der Waals surface area contributed by atoms with Crippen molar-refractivity contribution in [3.63, 3.8) is 0 Å². The average Bonchev–Trinajstić information content (AvgIpc) is 3.16. The van der Waals surface area contributed by atoms with E-state index in [1.54, 1.807) is 12.1 Å². The van der Waals surface area contributed by atoms with Gasteiger partial charge >= 0.3 is 0 Å². The summed E-state index contributed by atoms with van der Waals surface area (Å²) in [5.41, 5.74) is 3.36. The highest BCUT2D eigenvalue weighted by Gasteiger charge is 2.18. The van der Waals surface area contributed by atoms with Gasteiger partial charge in [-0.3, -0.25) is 10.1 Å². The van der Waals surface area contributed by atoms with E-state index in [0.717, 1.165) is 5.56 Å². The number of rotatable bonds is 4. The molecule has 0 aliphatic carbocycles. The van der Waals surface area contributed by atoms with E-state index in [9.17, 15) is 9.90 Å². The van der Waals surface area contributed by atoms with Crippen LogP contribution in [0.1, 0.15) is 15.9 Å². The lowest BCUT2D eigenvalue weighted by Crippen LogP contribution is -2.34. The maximum Gasteiger partial charge on any atom is 0.261 e. The van der Waals surface area contributed by atoms with Crippen LogP contribution in [0.4, 0.5) is 5.69 Å². The van der Waals surface area contributed by atoms with E-state index in [0.29, 0.717) is 28.2 Å². The molecule has 0 spiro atoms. The molecule has 0 saturated carbocycles. The number of amides is 1. The molecule has 4 aromatic rings. The standard InChI is InChI=1S/C23H17Cl2N3O4S/c1-11-3-6-17-19(7-11)32-22(27-17)14-5-4-13(10-18(14)29)26-23(33)28-21(30)15-8-12(24)9-16(25)20(15)31-2/h3-10,29H,1-2H3,(H2,26,28,30,33). The lowest BCUT2D eigenvalue weighted by Gasteiger charge is -2.13. The van der Waals surface area contributed by atoms with Gasteiger partial charge in [-0.15, -0.1) is 0 Å². The number of hydrogen-bond acceptors (Lipinski definition) is 6. The van der Waals surface area contributed by atoms with Crippen LogP contribution in [-0.2, 0) is 0 Å². The van der Waals surface area contributed by atoms with Gasteiger partial charge in [-0.05, 0) is 61.1 Å². The van der Waals surface area contributed by atoms with E-state index in [2.05, 4.69) is 15.6 Å². The highest BCUT2D eigenvalue weighted by atomic mass is 35.5. The Morgan fingerprint density at radius 1 is 1.15 bits per heavy atom. The molecule has 0 bridgehead atoms. The van der Waals surface area contributed by atoms with E-state index in [4.69, 9.17) is 44.6 Å². The summed E-state index contributed by atoms with van der Waals surface area (Å²) in [5, 5.41) is 16.4. The Labute approximate surface area is 204 Å². The molecule has 0 aliphatic heterocycles. The van der Waals surface area contributed by atoms with Crippen LogP contribution in [0.25, 0.3) is 22.6 Å². The van der Waals surface area contributed by atoms with E-state index >= 15 is 0 Å². The molecule has 0 aliphatic rings. The van der Waals surface area contributed by atoms with Crippen molar-refractivity contribution in [3.8, 4) is 23.0 Å². The molecule has 168 valence electrons. The van der Waals surface area contributed by atoms with Gasteiger partial charge in [0.05, 0.1) is 23.3 Å². The number of oxazole rings is 1. The maximum absolute atomic E-state index is 12.6. The normalized spacial score (nSPS) is 10.8. The molecular formula is C23H17Cl2N3O4S. The molecule has 4 rings (SSSR count). The van der Waals surface area contributed by atoms with Crippen LogP contribution in [0.3, 0.4) is 0 Å². The first-order chi connectivity index (χ1) is 15.7. The number of methoxy groups -OCH3 is 1. The van der Waals surface area contributed by atoms with Gasteiger partial charge in [0, 0.05) is 16.8 Å². The van der Waals surface area contributed by atoms with Crippen molar-refractivity contribution in [1.82, 2.24) is 10.3 Å². The predicted molar refractivity (Wildman–Crippen MR) is 133 cm³/mol. The van der Waals surface area contributed by atoms with Gasteiger partial charge in [-0.1, -0.05) is 29.3 Å². The topological polar surface area (TPSA) is 96.6 Å². The van der Waals surface area contributed by atoms with Gasteiger partial charge in [-0.25, -0.2) is 4.98 Å². The fraction of sp³-hybridized carbons (Fsp3) is 0.0870. The Balaban J connectivity index is 1.50. The zero-order valence-corrected chi connectivity index (χ0v) is 19.7. The molecule has 1 heterocycles. The summed E-state index contributed by atoms with van der Waals surface area (Å²) in [7, 11) is 1.39. The summed E-state index contributed by atoms with van der Waals surface area (Å²) in [4.78, 5) is 17.1. The zero-order valence-electron chi connectivity index (χ0n) is 17.4. The molecule has 3 N–H and O–H groups in total. The highest BCUT2D eigenvalue weighted by molar-refractivity contribution is 7.80. The summed E-state index contributed by atoms with van der Waals surface area (Å²) in [6, 6.07) is 13.3. The summed E-state index contributed by atoms with van der Waals surface area (Å²) in [6.07, 6.45) is 0. The molecule has 0 radical (unpaired) electrons. The van der Waals surface area contributed by atoms with Crippen molar-refractivity contribution in [3.05, 3.63) is 69.7 Å². The number of carbonyl (C=O) groups is 1. The average molecular weight is 502 g/mol. The minimum Gasteiger partial charge on any atom is -0.507 e. The van der Waals surface area contributed by atoms with Gasteiger partial charge in [0.15, 0.2) is 10.7 Å². The van der Waals surface area contributed by atoms with E-state index in [1.165, 1.54) is 25.3 Å². The van der Waals surface area contributed by atoms with Crippen LogP contribution < -0.4 is 15.4 Å². The first kappa shape index (κ1) is 22.8.